The Balaban J connectivity index is 1.45. The quantitative estimate of drug-likeness (QED) is 0.133. The number of unbranched alkanes of at least 4 members (excludes halogenated alkanes) is 9. The molecule has 7 heteroatoms. The van der Waals surface area contributed by atoms with E-state index < -0.39 is 0 Å². The molecule has 1 heterocycles. The molecule has 3 rings (SSSR count). The average Bonchev–Trinajstić information content (AvgIpc) is 3.40. The largest absolute Gasteiger partial charge is 0.507 e. The van der Waals surface area contributed by atoms with E-state index in [-0.39, 0.29) is 5.75 Å². The highest BCUT2D eigenvalue weighted by Crippen LogP contribution is 2.30. The summed E-state index contributed by atoms with van der Waals surface area (Å²) in [6.07, 6.45) is 15.3. The smallest absolute Gasteiger partial charge is 0.231 e. The third-order valence-corrected chi connectivity index (χ3v) is 6.99. The number of aliphatic imine (C=N–C) groups is 1. The molecule has 0 saturated carbocycles. The van der Waals surface area contributed by atoms with E-state index in [2.05, 4.69) is 29.0 Å². The number of hydrogen-bond donors (Lipinski definition) is 1. The summed E-state index contributed by atoms with van der Waals surface area (Å²) in [7, 11) is 0. The highest BCUT2D eigenvalue weighted by molar-refractivity contribution is 7.18. The maximum absolute atomic E-state index is 10.2. The first kappa shape index (κ1) is 28.6. The van der Waals surface area contributed by atoms with Crippen molar-refractivity contribution in [1.29, 1.82) is 0 Å². The molecule has 37 heavy (non-hydrogen) atoms. The second-order valence-electron chi connectivity index (χ2n) is 9.27. The molecule has 200 valence electrons. The molecule has 0 bridgehead atoms. The summed E-state index contributed by atoms with van der Waals surface area (Å²) in [6, 6.07) is 13.2. The van der Waals surface area contributed by atoms with Crippen molar-refractivity contribution >= 4 is 22.7 Å². The van der Waals surface area contributed by atoms with Gasteiger partial charge in [0, 0.05) is 17.3 Å². The molecule has 0 atom stereocenters. The molecule has 1 N–H and O–H groups in total. The Morgan fingerprint density at radius 3 is 2.08 bits per heavy atom. The molecule has 2 aromatic carbocycles. The van der Waals surface area contributed by atoms with E-state index in [0.717, 1.165) is 54.4 Å². The van der Waals surface area contributed by atoms with Gasteiger partial charge >= 0.3 is 0 Å². The fraction of sp³-hybridized carbons (Fsp3) is 0.500. The Labute approximate surface area is 225 Å². The van der Waals surface area contributed by atoms with Crippen LogP contribution >= 0.6 is 11.3 Å². The summed E-state index contributed by atoms with van der Waals surface area (Å²) >= 11 is 1.40. The van der Waals surface area contributed by atoms with Gasteiger partial charge in [-0.25, -0.2) is 4.99 Å². The van der Waals surface area contributed by atoms with Gasteiger partial charge < -0.3 is 14.6 Å². The Bertz CT molecular complexity index is 1070. The van der Waals surface area contributed by atoms with Crippen LogP contribution in [0.3, 0.4) is 0 Å². The van der Waals surface area contributed by atoms with Gasteiger partial charge in [0.15, 0.2) is 0 Å². The monoisotopic (exact) mass is 523 g/mol. The van der Waals surface area contributed by atoms with Crippen LogP contribution in [0, 0.1) is 0 Å². The molecule has 0 aliphatic carbocycles. The first-order chi connectivity index (χ1) is 18.2. The van der Waals surface area contributed by atoms with E-state index >= 15 is 0 Å². The molecule has 0 saturated heterocycles. The van der Waals surface area contributed by atoms with Crippen molar-refractivity contribution in [3.05, 3.63) is 48.0 Å². The van der Waals surface area contributed by atoms with Crippen LogP contribution in [-0.2, 0) is 0 Å². The summed E-state index contributed by atoms with van der Waals surface area (Å²) < 4.78 is 11.7. The van der Waals surface area contributed by atoms with Crippen LogP contribution in [0.5, 0.6) is 17.2 Å². The van der Waals surface area contributed by atoms with Gasteiger partial charge in [-0.2, -0.15) is 0 Å². The highest BCUT2D eigenvalue weighted by Gasteiger charge is 2.07. The van der Waals surface area contributed by atoms with Crippen LogP contribution in [0.4, 0.5) is 5.13 Å². The van der Waals surface area contributed by atoms with Crippen molar-refractivity contribution in [2.45, 2.75) is 84.5 Å². The number of ether oxygens (including phenoxy) is 2. The molecule has 0 fully saturated rings. The van der Waals surface area contributed by atoms with Gasteiger partial charge in [-0.3, -0.25) is 0 Å². The zero-order valence-corrected chi connectivity index (χ0v) is 23.1. The van der Waals surface area contributed by atoms with E-state index in [4.69, 9.17) is 9.47 Å². The first-order valence-corrected chi connectivity index (χ1v) is 14.6. The lowest BCUT2D eigenvalue weighted by Gasteiger charge is -2.07. The number of phenols is 1. The summed E-state index contributed by atoms with van der Waals surface area (Å²) in [5.41, 5.74) is 1.56. The van der Waals surface area contributed by atoms with E-state index in [1.165, 1.54) is 56.3 Å². The third kappa shape index (κ3) is 10.5. The number of aromatic nitrogens is 2. The molecule has 0 spiro atoms. The van der Waals surface area contributed by atoms with Gasteiger partial charge in [0.2, 0.25) is 5.13 Å². The molecule has 0 aliphatic heterocycles. The van der Waals surface area contributed by atoms with Gasteiger partial charge in [-0.05, 0) is 55.3 Å². The molecule has 0 aliphatic rings. The second kappa shape index (κ2) is 16.7. The van der Waals surface area contributed by atoms with Crippen molar-refractivity contribution in [2.75, 3.05) is 13.2 Å². The van der Waals surface area contributed by atoms with Gasteiger partial charge in [0.1, 0.15) is 22.3 Å². The number of nitrogens with zero attached hydrogens (tertiary/aromatic N) is 3. The maximum Gasteiger partial charge on any atom is 0.231 e. The third-order valence-electron chi connectivity index (χ3n) is 6.11. The van der Waals surface area contributed by atoms with Crippen LogP contribution in [-0.4, -0.2) is 34.7 Å². The van der Waals surface area contributed by atoms with E-state index in [0.29, 0.717) is 17.3 Å². The summed E-state index contributed by atoms with van der Waals surface area (Å²) in [5.74, 6) is 1.75. The molecule has 3 aromatic rings. The zero-order valence-electron chi connectivity index (χ0n) is 22.3. The summed E-state index contributed by atoms with van der Waals surface area (Å²) in [4.78, 5) is 4.42. The van der Waals surface area contributed by atoms with Crippen molar-refractivity contribution < 1.29 is 14.6 Å². The SMILES string of the molecule is CCCCCCCCCCOc1ccc(-c2nnc(/N=C/c3cc(OCCCCC)ccc3O)s2)cc1. The van der Waals surface area contributed by atoms with E-state index in [1.54, 1.807) is 24.4 Å². The van der Waals surface area contributed by atoms with Gasteiger partial charge in [-0.15, -0.1) is 10.2 Å². The normalized spacial score (nSPS) is 11.3. The van der Waals surface area contributed by atoms with Gasteiger partial charge in [0.05, 0.1) is 13.2 Å². The van der Waals surface area contributed by atoms with Crippen molar-refractivity contribution in [3.8, 4) is 27.8 Å². The molecule has 0 radical (unpaired) electrons. The van der Waals surface area contributed by atoms with Crippen LogP contribution in [0.25, 0.3) is 10.6 Å². The number of aromatic hydroxyl groups is 1. The van der Waals surface area contributed by atoms with Gasteiger partial charge in [-0.1, -0.05) is 83.0 Å². The Kier molecular flexibility index (Phi) is 13.0. The molecular formula is C30H41N3O3S. The lowest BCUT2D eigenvalue weighted by atomic mass is 10.1. The molecule has 6 nitrogen and oxygen atoms in total. The minimum atomic E-state index is 0.150. The zero-order chi connectivity index (χ0) is 26.1. The number of benzene rings is 2. The fourth-order valence-electron chi connectivity index (χ4n) is 3.90. The predicted molar refractivity (Wildman–Crippen MR) is 154 cm³/mol. The number of phenolic OH excluding ortho intramolecular Hbond substituents is 1. The van der Waals surface area contributed by atoms with E-state index in [9.17, 15) is 5.11 Å². The standard InChI is InChI=1S/C30H41N3O3S/c1-3-5-7-8-9-10-11-13-21-35-26-16-14-24(15-17-26)29-32-33-30(37-29)31-23-25-22-27(18-19-28(25)34)36-20-12-6-4-2/h14-19,22-23,34H,3-13,20-21H2,1-2H3/b31-23+. The molecule has 0 amide bonds. The summed E-state index contributed by atoms with van der Waals surface area (Å²) in [5, 5.41) is 20.0. The molecule has 1 aromatic heterocycles. The van der Waals surface area contributed by atoms with Crippen LogP contribution in [0.1, 0.15) is 90.0 Å². The number of rotatable bonds is 18. The van der Waals surface area contributed by atoms with Crippen LogP contribution in [0.15, 0.2) is 47.5 Å². The minimum absolute atomic E-state index is 0.150. The molecule has 0 unspecified atom stereocenters. The highest BCUT2D eigenvalue weighted by atomic mass is 32.1. The Morgan fingerprint density at radius 2 is 1.35 bits per heavy atom. The predicted octanol–water partition coefficient (Wildman–Crippen LogP) is 8.75. The first-order valence-electron chi connectivity index (χ1n) is 13.8. The topological polar surface area (TPSA) is 76.8 Å². The van der Waals surface area contributed by atoms with Crippen molar-refractivity contribution in [1.82, 2.24) is 10.2 Å². The van der Waals surface area contributed by atoms with Crippen LogP contribution < -0.4 is 9.47 Å². The lowest BCUT2D eigenvalue weighted by molar-refractivity contribution is 0.304. The minimum Gasteiger partial charge on any atom is -0.507 e. The molecular weight excluding hydrogens is 482 g/mol. The Hall–Kier alpha value is -2.93. The maximum atomic E-state index is 10.2. The average molecular weight is 524 g/mol. The van der Waals surface area contributed by atoms with Crippen LogP contribution in [0.2, 0.25) is 0 Å². The Morgan fingerprint density at radius 1 is 0.757 bits per heavy atom. The summed E-state index contributed by atoms with van der Waals surface area (Å²) in [6.45, 7) is 5.84. The fourth-order valence-corrected chi connectivity index (χ4v) is 4.59. The lowest BCUT2D eigenvalue weighted by Crippen LogP contribution is -1.97. The van der Waals surface area contributed by atoms with Gasteiger partial charge in [0.25, 0.3) is 0 Å². The van der Waals surface area contributed by atoms with Crippen molar-refractivity contribution in [2.24, 2.45) is 4.99 Å². The second-order valence-corrected chi connectivity index (χ2v) is 10.2. The van der Waals surface area contributed by atoms with E-state index in [1.807, 2.05) is 24.3 Å². The van der Waals surface area contributed by atoms with Crippen molar-refractivity contribution in [3.63, 3.8) is 0 Å². The number of hydrogen-bond acceptors (Lipinski definition) is 7.